The van der Waals surface area contributed by atoms with Gasteiger partial charge >= 0.3 is 0 Å². The predicted octanol–water partition coefficient (Wildman–Crippen LogP) is 7.45. The zero-order valence-corrected chi connectivity index (χ0v) is 16.6. The van der Waals surface area contributed by atoms with E-state index >= 15 is 0 Å². The Hall–Kier alpha value is -2.63. The normalized spacial score (nSPS) is 26.6. The smallest absolute Gasteiger partial charge is 0.0464 e. The highest BCUT2D eigenvalue weighted by molar-refractivity contribution is 7.74. The summed E-state index contributed by atoms with van der Waals surface area (Å²) in [4.78, 5) is 0. The standard InChI is InChI=1S/C26H22NP/c1-2-10-18(11-3-1)28-24-17-9-6-14-21(24)25-19-12-4-7-15-22(19)27-23-16-8-5-13-20(23)26(25)28/h1-10,12-13,15-18,21,27H,11,14H2. The Balaban J connectivity index is 1.67. The van der Waals surface area contributed by atoms with E-state index in [1.54, 1.807) is 16.2 Å². The molecule has 0 spiro atoms. The first kappa shape index (κ1) is 16.3. The first-order chi connectivity index (χ1) is 13.9. The van der Waals surface area contributed by atoms with Gasteiger partial charge in [-0.1, -0.05) is 78.9 Å². The lowest BCUT2D eigenvalue weighted by atomic mass is 9.86. The van der Waals surface area contributed by atoms with Gasteiger partial charge in [0.05, 0.1) is 0 Å². The van der Waals surface area contributed by atoms with Crippen LogP contribution in [0, 0.1) is 5.92 Å². The third-order valence-corrected chi connectivity index (χ3v) is 9.24. The van der Waals surface area contributed by atoms with Crippen LogP contribution >= 0.6 is 7.92 Å². The molecular weight excluding hydrogens is 357 g/mol. The van der Waals surface area contributed by atoms with Gasteiger partial charge in [0.25, 0.3) is 0 Å². The Kier molecular flexibility index (Phi) is 3.77. The summed E-state index contributed by atoms with van der Waals surface area (Å²) in [6, 6.07) is 17.8. The third-order valence-electron chi connectivity index (χ3n) is 6.21. The number of hydrogen-bond acceptors (Lipinski definition) is 1. The van der Waals surface area contributed by atoms with Gasteiger partial charge in [0.15, 0.2) is 0 Å². The van der Waals surface area contributed by atoms with E-state index in [4.69, 9.17) is 0 Å². The van der Waals surface area contributed by atoms with Crippen molar-refractivity contribution in [3.05, 3.63) is 108 Å². The average molecular weight is 379 g/mol. The number of nitrogens with one attached hydrogen (secondary N) is 1. The molecule has 3 atom stereocenters. The van der Waals surface area contributed by atoms with Gasteiger partial charge in [-0.3, -0.25) is 0 Å². The van der Waals surface area contributed by atoms with Crippen LogP contribution in [0.4, 0.5) is 11.4 Å². The van der Waals surface area contributed by atoms with Gasteiger partial charge in [-0.25, -0.2) is 0 Å². The highest BCUT2D eigenvalue weighted by Crippen LogP contribution is 2.75. The van der Waals surface area contributed by atoms with E-state index in [-0.39, 0.29) is 0 Å². The van der Waals surface area contributed by atoms with E-state index in [1.807, 2.05) is 0 Å². The fourth-order valence-electron chi connectivity index (χ4n) is 5.03. The maximum Gasteiger partial charge on any atom is 0.0464 e. The van der Waals surface area contributed by atoms with Gasteiger partial charge in [0, 0.05) is 34.1 Å². The minimum Gasteiger partial charge on any atom is -0.355 e. The van der Waals surface area contributed by atoms with Crippen LogP contribution in [-0.4, -0.2) is 5.66 Å². The first-order valence-corrected chi connectivity index (χ1v) is 11.5. The maximum atomic E-state index is 3.75. The largest absolute Gasteiger partial charge is 0.355 e. The number of rotatable bonds is 1. The molecule has 28 heavy (non-hydrogen) atoms. The number of anilines is 2. The van der Waals surface area contributed by atoms with Crippen molar-refractivity contribution in [2.45, 2.75) is 18.5 Å². The van der Waals surface area contributed by atoms with Gasteiger partial charge < -0.3 is 5.32 Å². The van der Waals surface area contributed by atoms with Crippen molar-refractivity contribution in [3.8, 4) is 0 Å². The van der Waals surface area contributed by atoms with Crippen LogP contribution in [0.5, 0.6) is 0 Å². The lowest BCUT2D eigenvalue weighted by Crippen LogP contribution is -2.08. The summed E-state index contributed by atoms with van der Waals surface area (Å²) in [5.74, 6) is 0.513. The number of fused-ring (bicyclic) bond motifs is 6. The molecular formula is C26H22NP. The number of para-hydroxylation sites is 2. The minimum absolute atomic E-state index is 0.395. The SMILES string of the molecule is C1=CCC2C(=C1)P(C1C=CC=CC1)C1=C2c2ccccc2Nc2ccccc21. The van der Waals surface area contributed by atoms with Crippen molar-refractivity contribution in [2.24, 2.45) is 5.92 Å². The molecule has 2 aliphatic carbocycles. The Morgan fingerprint density at radius 3 is 2.36 bits per heavy atom. The van der Waals surface area contributed by atoms with Crippen molar-refractivity contribution >= 4 is 30.2 Å². The minimum atomic E-state index is -0.395. The van der Waals surface area contributed by atoms with Crippen molar-refractivity contribution in [1.82, 2.24) is 0 Å². The monoisotopic (exact) mass is 379 g/mol. The molecule has 0 saturated heterocycles. The number of allylic oxidation sites excluding steroid dienone is 9. The highest BCUT2D eigenvalue weighted by Gasteiger charge is 2.43. The van der Waals surface area contributed by atoms with Crippen molar-refractivity contribution in [2.75, 3.05) is 5.32 Å². The molecule has 2 heterocycles. The second-order valence-corrected chi connectivity index (χ2v) is 10.1. The summed E-state index contributed by atoms with van der Waals surface area (Å²) in [5.41, 5.74) is 7.43. The Morgan fingerprint density at radius 2 is 1.54 bits per heavy atom. The van der Waals surface area contributed by atoms with Crippen molar-refractivity contribution in [3.63, 3.8) is 0 Å². The zero-order valence-electron chi connectivity index (χ0n) is 15.7. The van der Waals surface area contributed by atoms with Gasteiger partial charge in [-0.15, -0.1) is 0 Å². The molecule has 2 aliphatic heterocycles. The van der Waals surface area contributed by atoms with Gasteiger partial charge in [-0.05, 0) is 49.1 Å². The summed E-state index contributed by atoms with van der Waals surface area (Å²) in [7, 11) is -0.395. The molecule has 0 aromatic heterocycles. The molecule has 0 fully saturated rings. The second-order valence-electron chi connectivity index (χ2n) is 7.77. The van der Waals surface area contributed by atoms with Crippen LogP contribution < -0.4 is 5.32 Å². The van der Waals surface area contributed by atoms with Crippen LogP contribution in [0.1, 0.15) is 24.0 Å². The van der Waals surface area contributed by atoms with E-state index < -0.39 is 7.92 Å². The van der Waals surface area contributed by atoms with E-state index in [2.05, 4.69) is 96.4 Å². The quantitative estimate of drug-likeness (QED) is 0.507. The molecule has 2 aromatic carbocycles. The maximum absolute atomic E-state index is 3.75. The van der Waals surface area contributed by atoms with Gasteiger partial charge in [0.1, 0.15) is 0 Å². The van der Waals surface area contributed by atoms with Gasteiger partial charge in [-0.2, -0.15) is 0 Å². The van der Waals surface area contributed by atoms with Crippen LogP contribution in [0.3, 0.4) is 0 Å². The molecule has 1 nitrogen and oxygen atoms in total. The molecule has 1 N–H and O–H groups in total. The van der Waals surface area contributed by atoms with Crippen LogP contribution in [0.15, 0.2) is 96.4 Å². The Labute approximate surface area is 167 Å². The molecule has 2 heteroatoms. The molecule has 3 unspecified atom stereocenters. The Bertz CT molecular complexity index is 1110. The topological polar surface area (TPSA) is 12.0 Å². The molecule has 0 amide bonds. The summed E-state index contributed by atoms with van der Waals surface area (Å²) >= 11 is 0. The molecule has 4 aliphatic rings. The summed E-state index contributed by atoms with van der Waals surface area (Å²) in [6.07, 6.45) is 18.6. The third kappa shape index (κ3) is 2.36. The molecule has 0 radical (unpaired) electrons. The number of benzene rings is 2. The van der Waals surface area contributed by atoms with E-state index in [9.17, 15) is 0 Å². The molecule has 0 bridgehead atoms. The zero-order chi connectivity index (χ0) is 18.5. The molecule has 2 aromatic rings. The summed E-state index contributed by atoms with van der Waals surface area (Å²) in [6.45, 7) is 0. The van der Waals surface area contributed by atoms with E-state index in [0.717, 1.165) is 12.8 Å². The van der Waals surface area contributed by atoms with Crippen molar-refractivity contribution < 1.29 is 0 Å². The van der Waals surface area contributed by atoms with Crippen molar-refractivity contribution in [1.29, 1.82) is 0 Å². The second kappa shape index (κ2) is 6.47. The summed E-state index contributed by atoms with van der Waals surface area (Å²) < 4.78 is 0. The van der Waals surface area contributed by atoms with E-state index in [0.29, 0.717) is 11.6 Å². The molecule has 6 rings (SSSR count). The van der Waals surface area contributed by atoms with Gasteiger partial charge in [0.2, 0.25) is 0 Å². The lowest BCUT2D eigenvalue weighted by Gasteiger charge is -2.29. The lowest BCUT2D eigenvalue weighted by molar-refractivity contribution is 0.833. The van der Waals surface area contributed by atoms with Crippen LogP contribution in [-0.2, 0) is 0 Å². The predicted molar refractivity (Wildman–Crippen MR) is 122 cm³/mol. The fraction of sp³-hybridized carbons (Fsp3) is 0.154. The Morgan fingerprint density at radius 1 is 0.786 bits per heavy atom. The first-order valence-electron chi connectivity index (χ1n) is 10.1. The number of hydrogen-bond donors (Lipinski definition) is 1. The fourth-order valence-corrected chi connectivity index (χ4v) is 8.42. The summed E-state index contributed by atoms with van der Waals surface area (Å²) in [5, 5.41) is 7.02. The average Bonchev–Trinajstić information content (AvgIpc) is 3.02. The van der Waals surface area contributed by atoms with Crippen LogP contribution in [0.25, 0.3) is 10.9 Å². The van der Waals surface area contributed by atoms with Crippen LogP contribution in [0.2, 0.25) is 0 Å². The highest BCUT2D eigenvalue weighted by atomic mass is 31.1. The van der Waals surface area contributed by atoms with E-state index in [1.165, 1.54) is 22.5 Å². The molecule has 0 saturated carbocycles. The molecule has 136 valence electrons.